The number of carbonyl (C=O) groups excluding carboxylic acids is 2. The van der Waals surface area contributed by atoms with Crippen molar-refractivity contribution in [2.75, 3.05) is 20.3 Å². The van der Waals surface area contributed by atoms with Crippen LogP contribution in [-0.2, 0) is 4.79 Å². The van der Waals surface area contributed by atoms with Crippen molar-refractivity contribution in [2.24, 2.45) is 0 Å². The molecular weight excluding hydrogens is 396 g/mol. The maximum Gasteiger partial charge on any atom is 0.268 e. The Kier molecular flexibility index (Phi) is 7.48. The van der Waals surface area contributed by atoms with E-state index in [0.29, 0.717) is 17.1 Å². The van der Waals surface area contributed by atoms with E-state index in [-0.39, 0.29) is 24.8 Å². The summed E-state index contributed by atoms with van der Waals surface area (Å²) in [5.41, 5.74) is 1.38. The van der Waals surface area contributed by atoms with Crippen LogP contribution in [0.1, 0.15) is 21.7 Å². The average molecular weight is 420 g/mol. The van der Waals surface area contributed by atoms with Gasteiger partial charge in [-0.15, -0.1) is 0 Å². The molecular formula is C24H24N2O5. The minimum absolute atomic E-state index is 0.0765. The minimum atomic E-state index is -0.448. The Labute approximate surface area is 180 Å². The number of hydrogen-bond donors (Lipinski definition) is 2. The molecule has 0 unspecified atom stereocenters. The van der Waals surface area contributed by atoms with E-state index in [0.717, 1.165) is 11.3 Å². The third-order valence-corrected chi connectivity index (χ3v) is 4.43. The second-order valence-corrected chi connectivity index (χ2v) is 6.62. The Morgan fingerprint density at radius 1 is 1.00 bits per heavy atom. The number of furan rings is 1. The number of methoxy groups -OCH3 is 1. The number of amides is 2. The zero-order valence-electron chi connectivity index (χ0n) is 17.4. The van der Waals surface area contributed by atoms with E-state index < -0.39 is 5.91 Å². The molecule has 160 valence electrons. The number of ether oxygens (including phenoxy) is 2. The number of benzene rings is 2. The van der Waals surface area contributed by atoms with E-state index in [1.165, 1.54) is 12.3 Å². The SMILES string of the molecule is COc1ccc(OCCNC(=O)/C(=C/c2ccco2)NC(=O)c2ccccc2C)cc1. The first kappa shape index (κ1) is 21.7. The summed E-state index contributed by atoms with van der Waals surface area (Å²) in [4.78, 5) is 25.4. The molecule has 0 aliphatic rings. The van der Waals surface area contributed by atoms with Crippen molar-refractivity contribution in [1.29, 1.82) is 0 Å². The van der Waals surface area contributed by atoms with Crippen molar-refractivity contribution in [3.63, 3.8) is 0 Å². The molecule has 0 saturated heterocycles. The maximum absolute atomic E-state index is 12.7. The first-order chi connectivity index (χ1) is 15.1. The van der Waals surface area contributed by atoms with Gasteiger partial charge in [0.2, 0.25) is 0 Å². The number of nitrogens with one attached hydrogen (secondary N) is 2. The van der Waals surface area contributed by atoms with Crippen LogP contribution in [0.5, 0.6) is 11.5 Å². The predicted octanol–water partition coefficient (Wildman–Crippen LogP) is 3.56. The first-order valence-electron chi connectivity index (χ1n) is 9.74. The van der Waals surface area contributed by atoms with Crippen LogP contribution in [0.3, 0.4) is 0 Å². The molecule has 2 N–H and O–H groups in total. The summed E-state index contributed by atoms with van der Waals surface area (Å²) in [7, 11) is 1.59. The Balaban J connectivity index is 1.61. The van der Waals surface area contributed by atoms with Gasteiger partial charge in [0.25, 0.3) is 11.8 Å². The third kappa shape index (κ3) is 6.24. The highest BCUT2D eigenvalue weighted by Crippen LogP contribution is 2.16. The van der Waals surface area contributed by atoms with Gasteiger partial charge in [-0.25, -0.2) is 0 Å². The molecule has 2 aromatic carbocycles. The number of hydrogen-bond acceptors (Lipinski definition) is 5. The summed E-state index contributed by atoms with van der Waals surface area (Å²) in [6.45, 7) is 2.35. The predicted molar refractivity (Wildman–Crippen MR) is 117 cm³/mol. The van der Waals surface area contributed by atoms with Crippen LogP contribution in [0.15, 0.2) is 77.0 Å². The van der Waals surface area contributed by atoms with Gasteiger partial charge < -0.3 is 24.5 Å². The molecule has 2 amide bonds. The summed E-state index contributed by atoms with van der Waals surface area (Å²) < 4.78 is 16.0. The van der Waals surface area contributed by atoms with Crippen LogP contribution in [-0.4, -0.2) is 32.1 Å². The first-order valence-corrected chi connectivity index (χ1v) is 9.74. The highest BCUT2D eigenvalue weighted by molar-refractivity contribution is 6.05. The molecule has 0 aliphatic heterocycles. The lowest BCUT2D eigenvalue weighted by Gasteiger charge is -2.12. The lowest BCUT2D eigenvalue weighted by molar-refractivity contribution is -0.117. The van der Waals surface area contributed by atoms with Crippen LogP contribution >= 0.6 is 0 Å². The smallest absolute Gasteiger partial charge is 0.268 e. The van der Waals surface area contributed by atoms with E-state index >= 15 is 0 Å². The van der Waals surface area contributed by atoms with Gasteiger partial charge in [-0.1, -0.05) is 18.2 Å². The molecule has 3 rings (SSSR count). The van der Waals surface area contributed by atoms with Gasteiger partial charge in [0.05, 0.1) is 19.9 Å². The standard InChI is InChI=1S/C24H24N2O5/c1-17-6-3-4-8-21(17)23(27)26-22(16-20-7-5-14-30-20)24(28)25-13-15-31-19-11-9-18(29-2)10-12-19/h3-12,14,16H,13,15H2,1-2H3,(H,25,28)(H,26,27)/b22-16-. The Morgan fingerprint density at radius 2 is 1.74 bits per heavy atom. The molecule has 1 heterocycles. The molecule has 0 bridgehead atoms. The van der Waals surface area contributed by atoms with E-state index in [4.69, 9.17) is 13.9 Å². The van der Waals surface area contributed by atoms with Gasteiger partial charge >= 0.3 is 0 Å². The molecule has 7 heteroatoms. The Hall–Kier alpha value is -4.00. The molecule has 0 aliphatic carbocycles. The second-order valence-electron chi connectivity index (χ2n) is 6.62. The topological polar surface area (TPSA) is 89.8 Å². The second kappa shape index (κ2) is 10.7. The third-order valence-electron chi connectivity index (χ3n) is 4.43. The molecule has 0 spiro atoms. The van der Waals surface area contributed by atoms with E-state index in [2.05, 4.69) is 10.6 Å². The largest absolute Gasteiger partial charge is 0.497 e. The van der Waals surface area contributed by atoms with Gasteiger partial charge in [-0.3, -0.25) is 9.59 Å². The van der Waals surface area contributed by atoms with Gasteiger partial charge in [-0.05, 0) is 55.0 Å². The van der Waals surface area contributed by atoms with E-state index in [9.17, 15) is 9.59 Å². The number of rotatable bonds is 9. The van der Waals surface area contributed by atoms with Gasteiger partial charge in [0, 0.05) is 11.6 Å². The van der Waals surface area contributed by atoms with Crippen LogP contribution < -0.4 is 20.1 Å². The summed E-state index contributed by atoms with van der Waals surface area (Å²) in [6.07, 6.45) is 2.98. The van der Waals surface area contributed by atoms with E-state index in [1.54, 1.807) is 55.6 Å². The van der Waals surface area contributed by atoms with Crippen LogP contribution in [0.2, 0.25) is 0 Å². The molecule has 1 aromatic heterocycles. The lowest BCUT2D eigenvalue weighted by atomic mass is 10.1. The Bertz CT molecular complexity index is 1040. The monoisotopic (exact) mass is 420 g/mol. The zero-order valence-corrected chi connectivity index (χ0v) is 17.4. The molecule has 31 heavy (non-hydrogen) atoms. The van der Waals surface area contributed by atoms with Crippen molar-refractivity contribution < 1.29 is 23.5 Å². The van der Waals surface area contributed by atoms with Gasteiger partial charge in [-0.2, -0.15) is 0 Å². The highest BCUT2D eigenvalue weighted by Gasteiger charge is 2.16. The Morgan fingerprint density at radius 3 is 2.42 bits per heavy atom. The fraction of sp³-hybridized carbons (Fsp3) is 0.167. The quantitative estimate of drug-likeness (QED) is 0.408. The zero-order chi connectivity index (χ0) is 22.1. The van der Waals surface area contributed by atoms with Gasteiger partial charge in [0.1, 0.15) is 29.6 Å². The van der Waals surface area contributed by atoms with Crippen molar-refractivity contribution in [3.05, 3.63) is 89.5 Å². The van der Waals surface area contributed by atoms with Crippen molar-refractivity contribution >= 4 is 17.9 Å². The molecule has 0 fully saturated rings. The van der Waals surface area contributed by atoms with Crippen molar-refractivity contribution in [1.82, 2.24) is 10.6 Å². The molecule has 0 radical (unpaired) electrons. The molecule has 0 saturated carbocycles. The highest BCUT2D eigenvalue weighted by atomic mass is 16.5. The summed E-state index contributed by atoms with van der Waals surface area (Å²) in [5.74, 6) is 1.02. The van der Waals surface area contributed by atoms with Crippen molar-refractivity contribution in [3.8, 4) is 11.5 Å². The van der Waals surface area contributed by atoms with Crippen LogP contribution in [0.25, 0.3) is 6.08 Å². The minimum Gasteiger partial charge on any atom is -0.497 e. The molecule has 7 nitrogen and oxygen atoms in total. The van der Waals surface area contributed by atoms with Crippen LogP contribution in [0.4, 0.5) is 0 Å². The van der Waals surface area contributed by atoms with E-state index in [1.807, 2.05) is 19.1 Å². The average Bonchev–Trinajstić information content (AvgIpc) is 3.30. The maximum atomic E-state index is 12.7. The normalized spacial score (nSPS) is 11.0. The number of aryl methyl sites for hydroxylation is 1. The summed E-state index contributed by atoms with van der Waals surface area (Å²) in [5, 5.41) is 5.43. The number of carbonyl (C=O) groups is 2. The van der Waals surface area contributed by atoms with Crippen LogP contribution in [0, 0.1) is 6.92 Å². The fourth-order valence-electron chi connectivity index (χ4n) is 2.79. The van der Waals surface area contributed by atoms with Gasteiger partial charge in [0.15, 0.2) is 0 Å². The molecule has 3 aromatic rings. The fourth-order valence-corrected chi connectivity index (χ4v) is 2.79. The molecule has 0 atom stereocenters. The summed E-state index contributed by atoms with van der Waals surface area (Å²) in [6, 6.07) is 17.7. The lowest BCUT2D eigenvalue weighted by Crippen LogP contribution is -2.36. The van der Waals surface area contributed by atoms with Crippen molar-refractivity contribution in [2.45, 2.75) is 6.92 Å². The summed E-state index contributed by atoms with van der Waals surface area (Å²) >= 11 is 0.